The van der Waals surface area contributed by atoms with Crippen LogP contribution in [0.2, 0.25) is 0 Å². The minimum Gasteiger partial charge on any atom is -0.456 e. The second kappa shape index (κ2) is 16.3. The fraction of sp³-hybridized carbons (Fsp3) is 0.511. The molecule has 0 aromatic heterocycles. The molecule has 3 aliphatic carbocycles. The second-order valence-corrected chi connectivity index (χ2v) is 17.2. The molecule has 15 heteroatoms. The van der Waals surface area contributed by atoms with E-state index in [2.05, 4.69) is 5.32 Å². The van der Waals surface area contributed by atoms with Crippen LogP contribution >= 0.6 is 0 Å². The topological polar surface area (TPSA) is 221 Å². The zero-order valence-corrected chi connectivity index (χ0v) is 34.9. The average Bonchev–Trinajstić information content (AvgIpc) is 3.17. The van der Waals surface area contributed by atoms with Gasteiger partial charge in [-0.2, -0.15) is 0 Å². The number of aliphatic hydroxyl groups excluding tert-OH is 2. The number of Topliss-reactive ketones (excluding diaryl/α,β-unsaturated/α-hetero) is 1. The van der Waals surface area contributed by atoms with Crippen LogP contribution in [-0.4, -0.2) is 105 Å². The summed E-state index contributed by atoms with van der Waals surface area (Å²) in [6.45, 7) is 11.4. The minimum absolute atomic E-state index is 0.00126. The van der Waals surface area contributed by atoms with Gasteiger partial charge in [-0.15, -0.1) is 0 Å². The van der Waals surface area contributed by atoms with E-state index in [0.717, 1.165) is 13.8 Å². The number of rotatable bonds is 10. The molecule has 1 amide bonds. The van der Waals surface area contributed by atoms with Gasteiger partial charge in [-0.25, -0.2) is 9.59 Å². The summed E-state index contributed by atoms with van der Waals surface area (Å²) in [5, 5.41) is 40.0. The van der Waals surface area contributed by atoms with Crippen molar-refractivity contribution in [2.24, 2.45) is 16.7 Å². The molecule has 4 N–H and O–H groups in total. The van der Waals surface area contributed by atoms with Crippen LogP contribution in [0.5, 0.6) is 0 Å². The molecular formula is C45H53NO14. The minimum atomic E-state index is -2.38. The standard InChI is InChI=1S/C45H53NO14/c1-23(2)19-32(50)46-34(27-15-11-9-12-16-27)35(51)41(54)58-29-21-45(55)39(59-40(53)28-17-13-10-14-18-28)37-43(8,30(49)20-31-44(37,22-56-31)60-26(5)48)38(52)36(57-25(4)47)33(24(29)3)42(45,6)7/h9-19,29-31,34-37,39,49,51,55H,20-22H2,1-8H3,(H,46,50)/t29-,30-,31+,34-,35+,36+,37?,39?,43+,44-,45+/m0/s1. The summed E-state index contributed by atoms with van der Waals surface area (Å²) in [6.07, 6.45) is -9.14. The molecule has 3 fully saturated rings. The number of ketones is 1. The van der Waals surface area contributed by atoms with Crippen molar-refractivity contribution >= 4 is 35.6 Å². The number of aliphatic hydroxyl groups is 3. The maximum atomic E-state index is 15.4. The largest absolute Gasteiger partial charge is 0.456 e. The quantitative estimate of drug-likeness (QED) is 0.117. The van der Waals surface area contributed by atoms with Gasteiger partial charge in [0.05, 0.1) is 35.6 Å². The molecule has 0 spiro atoms. The third kappa shape index (κ3) is 7.45. The first kappa shape index (κ1) is 44.3. The lowest BCUT2D eigenvalue weighted by molar-refractivity contribution is -0.346. The lowest BCUT2D eigenvalue weighted by Gasteiger charge is -2.67. The fourth-order valence-electron chi connectivity index (χ4n) is 9.83. The van der Waals surface area contributed by atoms with Gasteiger partial charge in [0.1, 0.15) is 23.9 Å². The predicted octanol–water partition coefficient (Wildman–Crippen LogP) is 3.39. The van der Waals surface area contributed by atoms with E-state index in [9.17, 15) is 39.3 Å². The first-order valence-corrected chi connectivity index (χ1v) is 19.9. The molecule has 11 atom stereocenters. The molecule has 0 radical (unpaired) electrons. The van der Waals surface area contributed by atoms with Crippen molar-refractivity contribution in [1.29, 1.82) is 0 Å². The summed E-state index contributed by atoms with van der Waals surface area (Å²) >= 11 is 0. The Morgan fingerprint density at radius 2 is 1.52 bits per heavy atom. The molecule has 15 nitrogen and oxygen atoms in total. The Kier molecular flexibility index (Phi) is 12.1. The fourth-order valence-corrected chi connectivity index (χ4v) is 9.83. The summed E-state index contributed by atoms with van der Waals surface area (Å²) in [4.78, 5) is 82.7. The highest BCUT2D eigenvalue weighted by Crippen LogP contribution is 2.64. The molecule has 1 aliphatic heterocycles. The van der Waals surface area contributed by atoms with Crippen molar-refractivity contribution in [1.82, 2.24) is 5.32 Å². The Morgan fingerprint density at radius 3 is 2.07 bits per heavy atom. The number of carbonyl (C=O) groups excluding carboxylic acids is 6. The SMILES string of the molecule is CC(=O)O[C@H]1C(=O)[C@@]2(C)C(C(OC(=O)c3ccccc3)[C@]3(O)C[C@H](OC(=O)[C@H](O)[C@@H](NC(=O)C=C(C)C)c4ccccc4)C(C)=C1C3(C)C)[C@]1(OC(C)=O)CO[C@@H]1C[C@@H]2O. The van der Waals surface area contributed by atoms with Gasteiger partial charge in [0.15, 0.2) is 23.6 Å². The monoisotopic (exact) mass is 831 g/mol. The molecule has 4 aliphatic rings. The average molecular weight is 832 g/mol. The van der Waals surface area contributed by atoms with E-state index in [4.69, 9.17) is 23.7 Å². The third-order valence-electron chi connectivity index (χ3n) is 12.9. The molecule has 2 aromatic carbocycles. The van der Waals surface area contributed by atoms with Crippen molar-refractivity contribution in [3.8, 4) is 0 Å². The summed E-state index contributed by atoms with van der Waals surface area (Å²) in [5.41, 5.74) is -6.57. The number of amides is 1. The van der Waals surface area contributed by atoms with Crippen molar-refractivity contribution in [3.05, 3.63) is 94.6 Å². The van der Waals surface area contributed by atoms with E-state index in [0.29, 0.717) is 11.1 Å². The van der Waals surface area contributed by atoms with Crippen LogP contribution in [0.4, 0.5) is 0 Å². The summed E-state index contributed by atoms with van der Waals surface area (Å²) < 4.78 is 30.2. The van der Waals surface area contributed by atoms with E-state index in [1.54, 1.807) is 76.2 Å². The molecular weight excluding hydrogens is 778 g/mol. The van der Waals surface area contributed by atoms with Crippen molar-refractivity contribution in [2.75, 3.05) is 6.61 Å². The summed E-state index contributed by atoms with van der Waals surface area (Å²) in [6, 6.07) is 14.8. The molecule has 2 unspecified atom stereocenters. The molecule has 6 rings (SSSR count). The summed E-state index contributed by atoms with van der Waals surface area (Å²) in [5.74, 6) is -6.81. The van der Waals surface area contributed by atoms with Crippen molar-refractivity contribution in [3.63, 3.8) is 0 Å². The molecule has 1 saturated heterocycles. The second-order valence-electron chi connectivity index (χ2n) is 17.2. The van der Waals surface area contributed by atoms with Gasteiger partial charge in [0.25, 0.3) is 0 Å². The van der Waals surface area contributed by atoms with Crippen LogP contribution < -0.4 is 5.32 Å². The van der Waals surface area contributed by atoms with Crippen LogP contribution in [0.1, 0.15) is 90.2 Å². The first-order chi connectivity index (χ1) is 28.1. The van der Waals surface area contributed by atoms with Crippen LogP contribution in [0.15, 0.2) is 83.5 Å². The zero-order valence-electron chi connectivity index (χ0n) is 34.9. The number of ether oxygens (including phenoxy) is 5. The normalized spacial score (nSPS) is 32.5. The number of esters is 4. The third-order valence-corrected chi connectivity index (χ3v) is 12.9. The van der Waals surface area contributed by atoms with Crippen LogP contribution in [0.3, 0.4) is 0 Å². The Bertz CT molecular complexity index is 2110. The van der Waals surface area contributed by atoms with Gasteiger partial charge < -0.3 is 44.3 Å². The van der Waals surface area contributed by atoms with E-state index in [1.165, 1.54) is 32.1 Å². The summed E-state index contributed by atoms with van der Waals surface area (Å²) in [7, 11) is 0. The van der Waals surface area contributed by atoms with E-state index in [1.807, 2.05) is 0 Å². The maximum Gasteiger partial charge on any atom is 0.338 e. The highest BCUT2D eigenvalue weighted by molar-refractivity contribution is 5.95. The van der Waals surface area contributed by atoms with Gasteiger partial charge in [0, 0.05) is 38.2 Å². The number of allylic oxidation sites excluding steroid dienone is 1. The van der Waals surface area contributed by atoms with Crippen LogP contribution in [0.25, 0.3) is 0 Å². The van der Waals surface area contributed by atoms with Gasteiger partial charge in [-0.05, 0) is 56.5 Å². The number of hydrogen-bond acceptors (Lipinski definition) is 14. The maximum absolute atomic E-state index is 15.4. The lowest BCUT2D eigenvalue weighted by atomic mass is 9.44. The number of hydrogen-bond donors (Lipinski definition) is 4. The van der Waals surface area contributed by atoms with Crippen LogP contribution in [0, 0.1) is 16.7 Å². The Balaban J connectivity index is 1.55. The van der Waals surface area contributed by atoms with E-state index < -0.39 is 113 Å². The number of carbonyl (C=O) groups is 6. The van der Waals surface area contributed by atoms with Gasteiger partial charge >= 0.3 is 23.9 Å². The number of fused-ring (bicyclic) bond motifs is 5. The molecule has 2 aromatic rings. The number of nitrogens with one attached hydrogen (secondary N) is 1. The highest BCUT2D eigenvalue weighted by Gasteiger charge is 2.78. The number of benzene rings is 2. The highest BCUT2D eigenvalue weighted by atomic mass is 16.6. The van der Waals surface area contributed by atoms with Crippen LogP contribution in [-0.2, 0) is 47.7 Å². The Morgan fingerprint density at radius 1 is 0.900 bits per heavy atom. The van der Waals surface area contributed by atoms with Gasteiger partial charge in [-0.1, -0.05) is 68.0 Å². The molecule has 60 heavy (non-hydrogen) atoms. The van der Waals surface area contributed by atoms with E-state index in [-0.39, 0.29) is 29.7 Å². The van der Waals surface area contributed by atoms with Gasteiger partial charge in [-0.3, -0.25) is 19.2 Å². The predicted molar refractivity (Wildman–Crippen MR) is 211 cm³/mol. The lowest BCUT2D eigenvalue weighted by Crippen LogP contribution is -2.82. The molecule has 2 saturated carbocycles. The Labute approximate surface area is 348 Å². The molecule has 322 valence electrons. The van der Waals surface area contributed by atoms with Crippen molar-refractivity contribution < 1.29 is 67.8 Å². The Hall–Kier alpha value is -5.22. The van der Waals surface area contributed by atoms with E-state index >= 15 is 4.79 Å². The molecule has 2 bridgehead atoms. The van der Waals surface area contributed by atoms with Crippen molar-refractivity contribution in [2.45, 2.75) is 122 Å². The molecule has 1 heterocycles. The zero-order chi connectivity index (χ0) is 44.1. The smallest absolute Gasteiger partial charge is 0.338 e. The first-order valence-electron chi connectivity index (χ1n) is 19.9. The van der Waals surface area contributed by atoms with Gasteiger partial charge in [0.2, 0.25) is 5.91 Å².